The van der Waals surface area contributed by atoms with Gasteiger partial charge in [-0.05, 0) is 26.3 Å². The summed E-state index contributed by atoms with van der Waals surface area (Å²) in [5.74, 6) is -6.94. The van der Waals surface area contributed by atoms with E-state index in [0.717, 1.165) is 4.57 Å². The minimum absolute atomic E-state index is 0.0327. The Bertz CT molecular complexity index is 1240. The molecule has 0 atom stereocenters. The quantitative estimate of drug-likeness (QED) is 0.173. The maximum Gasteiger partial charge on any atom is 0.332 e. The molecule has 1 fully saturated rings. The molecule has 1 aliphatic rings. The van der Waals surface area contributed by atoms with Gasteiger partial charge < -0.3 is 15.0 Å². The number of nitrogens with one attached hydrogen (secondary N) is 1. The molecule has 36 heavy (non-hydrogen) atoms. The molecule has 1 aromatic carbocycles. The Hall–Kier alpha value is -3.28. The highest BCUT2D eigenvalue weighted by Crippen LogP contribution is 2.38. The smallest absolute Gasteiger partial charge is 0.332 e. The SMILES string of the molecule is C=CCc1c(NCCCN2CCN(c3c(F)c(F)c(F)c(F)c3OCC)CC2)n(C)c(=O)n(C)c1=O. The van der Waals surface area contributed by atoms with Gasteiger partial charge in [0.15, 0.2) is 17.4 Å². The van der Waals surface area contributed by atoms with E-state index in [1.807, 2.05) is 0 Å². The molecular formula is C24H31F4N5O3. The number of benzene rings is 1. The van der Waals surface area contributed by atoms with Gasteiger partial charge in [-0.1, -0.05) is 6.08 Å². The van der Waals surface area contributed by atoms with Gasteiger partial charge in [-0.15, -0.1) is 6.58 Å². The molecule has 12 heteroatoms. The molecule has 2 aromatic rings. The first-order chi connectivity index (χ1) is 17.1. The molecule has 0 radical (unpaired) electrons. The lowest BCUT2D eigenvalue weighted by Crippen LogP contribution is -2.47. The summed E-state index contributed by atoms with van der Waals surface area (Å²) in [5.41, 5.74) is -0.757. The molecule has 1 aromatic heterocycles. The van der Waals surface area contributed by atoms with Crippen molar-refractivity contribution >= 4 is 11.5 Å². The van der Waals surface area contributed by atoms with E-state index in [0.29, 0.717) is 50.4 Å². The van der Waals surface area contributed by atoms with Crippen LogP contribution >= 0.6 is 0 Å². The number of hydrogen-bond acceptors (Lipinski definition) is 6. The topological polar surface area (TPSA) is 71.7 Å². The van der Waals surface area contributed by atoms with Crippen LogP contribution in [-0.2, 0) is 20.5 Å². The molecule has 2 heterocycles. The van der Waals surface area contributed by atoms with Crippen molar-refractivity contribution in [3.63, 3.8) is 0 Å². The first-order valence-electron chi connectivity index (χ1n) is 11.7. The minimum atomic E-state index is -1.89. The van der Waals surface area contributed by atoms with Crippen LogP contribution in [-0.4, -0.2) is 59.9 Å². The molecule has 0 amide bonds. The first kappa shape index (κ1) is 27.3. The van der Waals surface area contributed by atoms with E-state index < -0.39 is 40.4 Å². The largest absolute Gasteiger partial charge is 0.488 e. The van der Waals surface area contributed by atoms with E-state index >= 15 is 0 Å². The van der Waals surface area contributed by atoms with E-state index in [-0.39, 0.29) is 25.3 Å². The number of rotatable bonds is 10. The average molecular weight is 514 g/mol. The van der Waals surface area contributed by atoms with Crippen LogP contribution in [0.2, 0.25) is 0 Å². The van der Waals surface area contributed by atoms with Crippen LogP contribution in [0, 0.1) is 23.3 Å². The summed E-state index contributed by atoms with van der Waals surface area (Å²) < 4.78 is 63.9. The molecule has 1 aliphatic heterocycles. The summed E-state index contributed by atoms with van der Waals surface area (Å²) in [6.07, 6.45) is 2.59. The molecule has 1 saturated heterocycles. The number of piperazine rings is 1. The second-order valence-electron chi connectivity index (χ2n) is 8.50. The predicted octanol–water partition coefficient (Wildman–Crippen LogP) is 2.39. The Kier molecular flexibility index (Phi) is 8.83. The fourth-order valence-electron chi connectivity index (χ4n) is 4.33. The zero-order valence-electron chi connectivity index (χ0n) is 20.7. The predicted molar refractivity (Wildman–Crippen MR) is 130 cm³/mol. The van der Waals surface area contributed by atoms with E-state index in [1.54, 1.807) is 20.0 Å². The summed E-state index contributed by atoms with van der Waals surface area (Å²) >= 11 is 0. The highest BCUT2D eigenvalue weighted by Gasteiger charge is 2.31. The van der Waals surface area contributed by atoms with Crippen LogP contribution in [0.15, 0.2) is 22.2 Å². The maximum atomic E-state index is 14.5. The van der Waals surface area contributed by atoms with Gasteiger partial charge in [-0.3, -0.25) is 18.8 Å². The third-order valence-corrected chi connectivity index (χ3v) is 6.23. The van der Waals surface area contributed by atoms with Gasteiger partial charge in [0.25, 0.3) is 5.56 Å². The molecule has 8 nitrogen and oxygen atoms in total. The van der Waals surface area contributed by atoms with Crippen LogP contribution in [0.1, 0.15) is 18.9 Å². The summed E-state index contributed by atoms with van der Waals surface area (Å²) in [7, 11) is 3.02. The van der Waals surface area contributed by atoms with Crippen molar-refractivity contribution < 1.29 is 22.3 Å². The van der Waals surface area contributed by atoms with Crippen LogP contribution in [0.25, 0.3) is 0 Å². The first-order valence-corrected chi connectivity index (χ1v) is 11.7. The normalized spacial score (nSPS) is 14.2. The third-order valence-electron chi connectivity index (χ3n) is 6.23. The Labute approximate surface area is 206 Å². The number of allylic oxidation sites excluding steroid dienone is 1. The van der Waals surface area contributed by atoms with Gasteiger partial charge in [0.05, 0.1) is 12.2 Å². The van der Waals surface area contributed by atoms with Crippen molar-refractivity contribution in [3.8, 4) is 5.75 Å². The number of aromatic nitrogens is 2. The fraction of sp³-hybridized carbons (Fsp3) is 0.500. The van der Waals surface area contributed by atoms with Crippen molar-refractivity contribution in [2.45, 2.75) is 19.8 Å². The summed E-state index contributed by atoms with van der Waals surface area (Å²) in [4.78, 5) is 28.3. The van der Waals surface area contributed by atoms with Crippen molar-refractivity contribution in [1.82, 2.24) is 14.0 Å². The number of nitrogens with zero attached hydrogens (tertiary/aromatic N) is 4. The van der Waals surface area contributed by atoms with Gasteiger partial charge in [-0.25, -0.2) is 18.0 Å². The Morgan fingerprint density at radius 1 is 0.972 bits per heavy atom. The van der Waals surface area contributed by atoms with E-state index in [2.05, 4.69) is 16.8 Å². The molecule has 1 N–H and O–H groups in total. The van der Waals surface area contributed by atoms with E-state index in [4.69, 9.17) is 4.74 Å². The maximum absolute atomic E-state index is 14.5. The highest BCUT2D eigenvalue weighted by molar-refractivity contribution is 5.61. The second-order valence-corrected chi connectivity index (χ2v) is 8.50. The van der Waals surface area contributed by atoms with Crippen molar-refractivity contribution in [3.05, 3.63) is 62.3 Å². The Morgan fingerprint density at radius 3 is 2.22 bits per heavy atom. The van der Waals surface area contributed by atoms with E-state index in [1.165, 1.54) is 16.5 Å². The van der Waals surface area contributed by atoms with Crippen LogP contribution in [0.4, 0.5) is 29.1 Å². The Morgan fingerprint density at radius 2 is 1.61 bits per heavy atom. The lowest BCUT2D eigenvalue weighted by molar-refractivity contribution is 0.252. The van der Waals surface area contributed by atoms with Gasteiger partial charge in [0.2, 0.25) is 11.6 Å². The number of anilines is 2. The number of ether oxygens (including phenoxy) is 1. The molecule has 0 unspecified atom stereocenters. The van der Waals surface area contributed by atoms with Gasteiger partial charge in [0, 0.05) is 46.8 Å². The lowest BCUT2D eigenvalue weighted by atomic mass is 10.2. The van der Waals surface area contributed by atoms with Gasteiger partial charge >= 0.3 is 5.69 Å². The lowest BCUT2D eigenvalue weighted by Gasteiger charge is -2.37. The zero-order chi connectivity index (χ0) is 26.6. The highest BCUT2D eigenvalue weighted by atomic mass is 19.2. The van der Waals surface area contributed by atoms with Crippen LogP contribution < -0.4 is 26.2 Å². The third kappa shape index (κ3) is 5.28. The molecule has 0 bridgehead atoms. The van der Waals surface area contributed by atoms with Crippen LogP contribution in [0.3, 0.4) is 0 Å². The average Bonchev–Trinajstić information content (AvgIpc) is 2.88. The summed E-state index contributed by atoms with van der Waals surface area (Å²) in [5, 5.41) is 3.18. The van der Waals surface area contributed by atoms with Crippen molar-refractivity contribution in [2.24, 2.45) is 14.1 Å². The fourth-order valence-corrected chi connectivity index (χ4v) is 4.33. The summed E-state index contributed by atoms with van der Waals surface area (Å²) in [6.45, 7) is 7.83. The van der Waals surface area contributed by atoms with Crippen molar-refractivity contribution in [1.29, 1.82) is 0 Å². The van der Waals surface area contributed by atoms with Gasteiger partial charge in [0.1, 0.15) is 11.5 Å². The number of halogens is 4. The second kappa shape index (κ2) is 11.6. The molecule has 0 saturated carbocycles. The van der Waals surface area contributed by atoms with Gasteiger partial charge in [-0.2, -0.15) is 4.39 Å². The molecule has 0 aliphatic carbocycles. The van der Waals surface area contributed by atoms with Crippen LogP contribution in [0.5, 0.6) is 5.75 Å². The zero-order valence-corrected chi connectivity index (χ0v) is 20.7. The summed E-state index contributed by atoms with van der Waals surface area (Å²) in [6, 6.07) is 0. The molecule has 3 rings (SSSR count). The van der Waals surface area contributed by atoms with E-state index in [9.17, 15) is 27.2 Å². The number of hydrogen-bond donors (Lipinski definition) is 1. The monoisotopic (exact) mass is 513 g/mol. The van der Waals surface area contributed by atoms with Crippen molar-refractivity contribution in [2.75, 3.05) is 56.1 Å². The minimum Gasteiger partial charge on any atom is -0.488 e. The standard InChI is InChI=1S/C24H31F4N5O3/c1-5-8-15-22(30(3)24(35)31(4)23(15)34)29-9-7-10-32-11-13-33(14-12-32)20-18(27)16(25)17(26)19(28)21(20)36-6-2/h5,29H,1,6-14H2,2-4H3. The molecule has 0 spiro atoms. The Balaban J connectivity index is 1.62. The molecular weight excluding hydrogens is 482 g/mol. The molecule has 198 valence electrons.